The molecule has 76 valence electrons. The topological polar surface area (TPSA) is 66.4 Å². The van der Waals surface area contributed by atoms with E-state index in [9.17, 15) is 9.59 Å². The van der Waals surface area contributed by atoms with E-state index < -0.39 is 11.9 Å². The molecule has 4 nitrogen and oxygen atoms in total. The lowest BCUT2D eigenvalue weighted by atomic mass is 10.1. The van der Waals surface area contributed by atoms with Crippen LogP contribution in [0, 0.1) is 11.8 Å². The summed E-state index contributed by atoms with van der Waals surface area (Å²) in [6, 6.07) is 0. The van der Waals surface area contributed by atoms with Gasteiger partial charge in [-0.1, -0.05) is 20.8 Å². The van der Waals surface area contributed by atoms with Gasteiger partial charge in [-0.3, -0.25) is 9.59 Å². The van der Waals surface area contributed by atoms with Crippen LogP contribution in [0.1, 0.15) is 27.2 Å². The molecule has 0 spiro atoms. The van der Waals surface area contributed by atoms with Crippen molar-refractivity contribution >= 4 is 11.9 Å². The number of hydrogen-bond acceptors (Lipinski definition) is 2. The molecule has 0 radical (unpaired) electrons. The van der Waals surface area contributed by atoms with Crippen LogP contribution in [-0.4, -0.2) is 23.5 Å². The first-order chi connectivity index (χ1) is 5.93. The maximum atomic E-state index is 11.1. The van der Waals surface area contributed by atoms with Crippen LogP contribution in [0.4, 0.5) is 0 Å². The standard InChI is InChI=1S/C9H17NO3/c1-6(2)4-8(11)10-5-7(3)9(12)13/h6-7H,4-5H2,1-3H3,(H,10,11)(H,12,13). The van der Waals surface area contributed by atoms with Crippen LogP contribution in [0.3, 0.4) is 0 Å². The normalized spacial score (nSPS) is 12.6. The first kappa shape index (κ1) is 11.9. The van der Waals surface area contributed by atoms with E-state index >= 15 is 0 Å². The molecule has 0 aromatic heterocycles. The second-order valence-corrected chi connectivity index (χ2v) is 3.64. The summed E-state index contributed by atoms with van der Waals surface area (Å²) >= 11 is 0. The molecule has 0 aliphatic carbocycles. The molecular weight excluding hydrogens is 170 g/mol. The Morgan fingerprint density at radius 2 is 1.85 bits per heavy atom. The number of aliphatic carboxylic acids is 1. The number of carboxylic acid groups (broad SMARTS) is 1. The van der Waals surface area contributed by atoms with Crippen LogP contribution in [0.5, 0.6) is 0 Å². The Kier molecular flexibility index (Phi) is 5.11. The highest BCUT2D eigenvalue weighted by molar-refractivity contribution is 5.77. The lowest BCUT2D eigenvalue weighted by Gasteiger charge is -2.09. The van der Waals surface area contributed by atoms with Gasteiger partial charge >= 0.3 is 5.97 Å². The molecule has 0 aromatic carbocycles. The summed E-state index contributed by atoms with van der Waals surface area (Å²) in [5.74, 6) is -1.18. The molecule has 0 bridgehead atoms. The minimum Gasteiger partial charge on any atom is -0.481 e. The van der Waals surface area contributed by atoms with Crippen LogP contribution in [0.2, 0.25) is 0 Å². The lowest BCUT2D eigenvalue weighted by molar-refractivity contribution is -0.141. The summed E-state index contributed by atoms with van der Waals surface area (Å²) in [5, 5.41) is 11.1. The van der Waals surface area contributed by atoms with Crippen LogP contribution in [0.25, 0.3) is 0 Å². The van der Waals surface area contributed by atoms with Gasteiger partial charge in [0.15, 0.2) is 0 Å². The third-order valence-corrected chi connectivity index (χ3v) is 1.62. The summed E-state index contributed by atoms with van der Waals surface area (Å²) in [7, 11) is 0. The van der Waals surface area contributed by atoms with E-state index in [1.807, 2.05) is 13.8 Å². The van der Waals surface area contributed by atoms with Crippen molar-refractivity contribution in [3.63, 3.8) is 0 Å². The largest absolute Gasteiger partial charge is 0.481 e. The summed E-state index contributed by atoms with van der Waals surface area (Å²) in [4.78, 5) is 21.5. The predicted octanol–water partition coefficient (Wildman–Crippen LogP) is 0.869. The minimum atomic E-state index is -0.884. The van der Waals surface area contributed by atoms with E-state index in [1.165, 1.54) is 0 Å². The van der Waals surface area contributed by atoms with Gasteiger partial charge in [0.1, 0.15) is 0 Å². The van der Waals surface area contributed by atoms with Crippen molar-refractivity contribution < 1.29 is 14.7 Å². The lowest BCUT2D eigenvalue weighted by Crippen LogP contribution is -2.31. The van der Waals surface area contributed by atoms with Crippen molar-refractivity contribution in [1.29, 1.82) is 0 Å². The zero-order valence-corrected chi connectivity index (χ0v) is 8.33. The Bertz CT molecular complexity index is 189. The molecule has 1 unspecified atom stereocenters. The summed E-state index contributed by atoms with van der Waals surface area (Å²) < 4.78 is 0. The molecule has 0 rings (SSSR count). The smallest absolute Gasteiger partial charge is 0.308 e. The number of nitrogens with one attached hydrogen (secondary N) is 1. The summed E-state index contributed by atoms with van der Waals surface area (Å²) in [5.41, 5.74) is 0. The number of carbonyl (C=O) groups is 2. The molecule has 0 fully saturated rings. The van der Waals surface area contributed by atoms with Gasteiger partial charge in [0, 0.05) is 13.0 Å². The molecule has 13 heavy (non-hydrogen) atoms. The van der Waals surface area contributed by atoms with Gasteiger partial charge in [-0.05, 0) is 5.92 Å². The Balaban J connectivity index is 3.64. The van der Waals surface area contributed by atoms with E-state index in [0.717, 1.165) is 0 Å². The Morgan fingerprint density at radius 3 is 2.23 bits per heavy atom. The summed E-state index contributed by atoms with van der Waals surface area (Å²) in [6.07, 6.45) is 0.451. The molecule has 0 aromatic rings. The molecule has 4 heteroatoms. The maximum absolute atomic E-state index is 11.1. The molecule has 0 saturated heterocycles. The van der Waals surface area contributed by atoms with Gasteiger partial charge in [-0.25, -0.2) is 0 Å². The average Bonchev–Trinajstić information content (AvgIpc) is 1.98. The third-order valence-electron chi connectivity index (χ3n) is 1.62. The van der Waals surface area contributed by atoms with E-state index in [2.05, 4.69) is 5.32 Å². The van der Waals surface area contributed by atoms with Crippen LogP contribution >= 0.6 is 0 Å². The van der Waals surface area contributed by atoms with Gasteiger partial charge in [0.2, 0.25) is 5.91 Å². The van der Waals surface area contributed by atoms with Crippen LogP contribution in [0.15, 0.2) is 0 Å². The van der Waals surface area contributed by atoms with Crippen molar-refractivity contribution in [3.8, 4) is 0 Å². The van der Waals surface area contributed by atoms with Gasteiger partial charge in [-0.15, -0.1) is 0 Å². The molecule has 0 aliphatic rings. The molecule has 0 saturated carbocycles. The number of carboxylic acids is 1. The van der Waals surface area contributed by atoms with Crippen LogP contribution in [-0.2, 0) is 9.59 Å². The highest BCUT2D eigenvalue weighted by Gasteiger charge is 2.12. The molecule has 1 amide bonds. The van der Waals surface area contributed by atoms with Gasteiger partial charge in [-0.2, -0.15) is 0 Å². The highest BCUT2D eigenvalue weighted by Crippen LogP contribution is 1.99. The highest BCUT2D eigenvalue weighted by atomic mass is 16.4. The van der Waals surface area contributed by atoms with Crippen molar-refractivity contribution in [2.45, 2.75) is 27.2 Å². The zero-order valence-electron chi connectivity index (χ0n) is 8.33. The number of rotatable bonds is 5. The number of amides is 1. The molecule has 0 aliphatic heterocycles. The first-order valence-electron chi connectivity index (χ1n) is 4.43. The van der Waals surface area contributed by atoms with Crippen molar-refractivity contribution in [2.75, 3.05) is 6.54 Å². The molecule has 0 heterocycles. The fourth-order valence-electron chi connectivity index (χ4n) is 0.797. The number of hydrogen-bond donors (Lipinski definition) is 2. The average molecular weight is 187 g/mol. The SMILES string of the molecule is CC(C)CC(=O)NCC(C)C(=O)O. The third kappa shape index (κ3) is 6.13. The van der Waals surface area contributed by atoms with E-state index in [-0.39, 0.29) is 12.5 Å². The predicted molar refractivity (Wildman–Crippen MR) is 49.3 cm³/mol. The monoisotopic (exact) mass is 187 g/mol. The number of carbonyl (C=O) groups excluding carboxylic acids is 1. The Labute approximate surface area is 78.3 Å². The Hall–Kier alpha value is -1.06. The van der Waals surface area contributed by atoms with Crippen molar-refractivity contribution in [2.24, 2.45) is 11.8 Å². The van der Waals surface area contributed by atoms with Crippen LogP contribution < -0.4 is 5.32 Å². The molecular formula is C9H17NO3. The van der Waals surface area contributed by atoms with Gasteiger partial charge in [0.05, 0.1) is 5.92 Å². The fraction of sp³-hybridized carbons (Fsp3) is 0.778. The van der Waals surface area contributed by atoms with Crippen molar-refractivity contribution in [3.05, 3.63) is 0 Å². The maximum Gasteiger partial charge on any atom is 0.308 e. The quantitative estimate of drug-likeness (QED) is 0.671. The fourth-order valence-corrected chi connectivity index (χ4v) is 0.797. The van der Waals surface area contributed by atoms with E-state index in [1.54, 1.807) is 6.92 Å². The summed E-state index contributed by atoms with van der Waals surface area (Å²) in [6.45, 7) is 5.67. The minimum absolute atomic E-state index is 0.0805. The van der Waals surface area contributed by atoms with E-state index in [0.29, 0.717) is 12.3 Å². The van der Waals surface area contributed by atoms with Crippen molar-refractivity contribution in [1.82, 2.24) is 5.32 Å². The molecule has 2 N–H and O–H groups in total. The van der Waals surface area contributed by atoms with Gasteiger partial charge in [0.25, 0.3) is 0 Å². The second kappa shape index (κ2) is 5.56. The molecule has 1 atom stereocenters. The van der Waals surface area contributed by atoms with Gasteiger partial charge < -0.3 is 10.4 Å². The first-order valence-corrected chi connectivity index (χ1v) is 4.43. The zero-order chi connectivity index (χ0) is 10.4. The van der Waals surface area contributed by atoms with E-state index in [4.69, 9.17) is 5.11 Å². The Morgan fingerprint density at radius 1 is 1.31 bits per heavy atom. The second-order valence-electron chi connectivity index (χ2n) is 3.64.